The highest BCUT2D eigenvalue weighted by atomic mass is 16.5. The van der Waals surface area contributed by atoms with Crippen LogP contribution in [0, 0.1) is 0 Å². The summed E-state index contributed by atoms with van der Waals surface area (Å²) in [4.78, 5) is 7.21. The minimum Gasteiger partial charge on any atom is -0.491 e. The number of hydrogen-bond acceptors (Lipinski definition) is 4. The number of aliphatic imine (C=N–C) groups is 1. The van der Waals surface area contributed by atoms with E-state index in [9.17, 15) is 0 Å². The quantitative estimate of drug-likeness (QED) is 0.540. The Morgan fingerprint density at radius 1 is 1.19 bits per heavy atom. The molecule has 152 valence electrons. The molecular weight excluding hydrogens is 340 g/mol. The first-order valence-electron chi connectivity index (χ1n) is 10.0. The van der Waals surface area contributed by atoms with Gasteiger partial charge in [-0.25, -0.2) is 4.99 Å². The highest BCUT2D eigenvalue weighted by Crippen LogP contribution is 2.16. The Balaban J connectivity index is 1.91. The summed E-state index contributed by atoms with van der Waals surface area (Å²) in [5, 5.41) is 6.83. The molecule has 2 rings (SSSR count). The maximum atomic E-state index is 5.69. The third-order valence-electron chi connectivity index (χ3n) is 4.61. The zero-order chi connectivity index (χ0) is 19.7. The van der Waals surface area contributed by atoms with Crippen LogP contribution in [0.4, 0.5) is 0 Å². The van der Waals surface area contributed by atoms with E-state index < -0.39 is 0 Å². The number of rotatable bonds is 8. The predicted molar refractivity (Wildman–Crippen MR) is 111 cm³/mol. The molecule has 6 heteroatoms. The van der Waals surface area contributed by atoms with Crippen molar-refractivity contribution in [3.05, 3.63) is 29.8 Å². The van der Waals surface area contributed by atoms with Crippen LogP contribution in [0.15, 0.2) is 29.3 Å². The molecule has 0 unspecified atom stereocenters. The lowest BCUT2D eigenvalue weighted by atomic mass is 10.0. The summed E-state index contributed by atoms with van der Waals surface area (Å²) in [5.74, 6) is 1.75. The van der Waals surface area contributed by atoms with Crippen LogP contribution in [0.25, 0.3) is 0 Å². The van der Waals surface area contributed by atoms with E-state index in [1.807, 2.05) is 26.0 Å². The van der Waals surface area contributed by atoms with Crippen molar-refractivity contribution in [1.82, 2.24) is 15.5 Å². The number of guanidine groups is 1. The van der Waals surface area contributed by atoms with Crippen molar-refractivity contribution in [1.29, 1.82) is 0 Å². The Labute approximate surface area is 164 Å². The van der Waals surface area contributed by atoms with E-state index in [1.54, 1.807) is 0 Å². The van der Waals surface area contributed by atoms with Gasteiger partial charge < -0.3 is 20.1 Å². The number of hydrogen-bond donors (Lipinski definition) is 2. The molecular formula is C21H36N4O2. The molecule has 1 fully saturated rings. The molecule has 1 saturated heterocycles. The highest BCUT2D eigenvalue weighted by Gasteiger charge is 2.28. The number of nitrogens with zero attached hydrogens (tertiary/aromatic N) is 2. The zero-order valence-electron chi connectivity index (χ0n) is 17.5. The largest absolute Gasteiger partial charge is 0.491 e. The fourth-order valence-corrected chi connectivity index (χ4v) is 3.04. The van der Waals surface area contributed by atoms with Gasteiger partial charge in [0.2, 0.25) is 0 Å². The topological polar surface area (TPSA) is 58.1 Å². The lowest BCUT2D eigenvalue weighted by molar-refractivity contribution is -0.00834. The fraction of sp³-hybridized carbons (Fsp3) is 0.667. The Morgan fingerprint density at radius 3 is 2.44 bits per heavy atom. The molecule has 0 aromatic heterocycles. The summed E-state index contributed by atoms with van der Waals surface area (Å²) in [6, 6.07) is 8.16. The van der Waals surface area contributed by atoms with Crippen LogP contribution in [-0.2, 0) is 11.3 Å². The maximum absolute atomic E-state index is 5.69. The van der Waals surface area contributed by atoms with Crippen LogP contribution in [-0.4, -0.2) is 61.9 Å². The standard InChI is InChI=1S/C21H36N4O2/c1-6-22-20(24-16-21(4,5)25-11-13-26-14-12-25)23-15-18-7-9-19(10-8-18)27-17(2)3/h7-10,17H,6,11-16H2,1-5H3,(H2,22,23,24). The average molecular weight is 377 g/mol. The molecule has 1 heterocycles. The normalized spacial score (nSPS) is 16.4. The molecule has 0 bridgehead atoms. The number of benzene rings is 1. The summed E-state index contributed by atoms with van der Waals surface area (Å²) in [5.41, 5.74) is 1.21. The van der Waals surface area contributed by atoms with Crippen LogP contribution < -0.4 is 15.4 Å². The predicted octanol–water partition coefficient (Wildman–Crippen LogP) is 2.64. The molecule has 0 aliphatic carbocycles. The minimum absolute atomic E-state index is 0.0514. The minimum atomic E-state index is 0.0514. The molecule has 1 aromatic rings. The van der Waals surface area contributed by atoms with Crippen LogP contribution in [0.3, 0.4) is 0 Å². The third-order valence-corrected chi connectivity index (χ3v) is 4.61. The summed E-state index contributed by atoms with van der Waals surface area (Å²) < 4.78 is 11.2. The number of nitrogens with one attached hydrogen (secondary N) is 2. The molecule has 27 heavy (non-hydrogen) atoms. The second-order valence-electron chi connectivity index (χ2n) is 7.77. The first-order chi connectivity index (χ1) is 12.9. The Bertz CT molecular complexity index is 578. The first kappa shape index (κ1) is 21.5. The van der Waals surface area contributed by atoms with Gasteiger partial charge in [0.15, 0.2) is 5.96 Å². The van der Waals surface area contributed by atoms with E-state index in [2.05, 4.69) is 48.4 Å². The van der Waals surface area contributed by atoms with Crippen molar-refractivity contribution in [2.45, 2.75) is 52.8 Å². The van der Waals surface area contributed by atoms with Gasteiger partial charge in [-0.1, -0.05) is 12.1 Å². The van der Waals surface area contributed by atoms with Crippen molar-refractivity contribution in [3.8, 4) is 5.75 Å². The second-order valence-corrected chi connectivity index (χ2v) is 7.77. The first-order valence-corrected chi connectivity index (χ1v) is 10.0. The van der Waals surface area contributed by atoms with E-state index in [0.29, 0.717) is 6.54 Å². The molecule has 0 atom stereocenters. The average Bonchev–Trinajstić information content (AvgIpc) is 2.65. The number of ether oxygens (including phenoxy) is 2. The van der Waals surface area contributed by atoms with Crippen molar-refractivity contribution in [2.75, 3.05) is 39.4 Å². The summed E-state index contributed by atoms with van der Waals surface area (Å²) in [6.07, 6.45) is 0.188. The smallest absolute Gasteiger partial charge is 0.191 e. The van der Waals surface area contributed by atoms with Gasteiger partial charge in [-0.15, -0.1) is 0 Å². The van der Waals surface area contributed by atoms with Crippen LogP contribution in [0.2, 0.25) is 0 Å². The molecule has 6 nitrogen and oxygen atoms in total. The highest BCUT2D eigenvalue weighted by molar-refractivity contribution is 5.79. The molecule has 1 aromatic carbocycles. The number of morpholine rings is 1. The van der Waals surface area contributed by atoms with Crippen molar-refractivity contribution < 1.29 is 9.47 Å². The summed E-state index contributed by atoms with van der Waals surface area (Å²) in [6.45, 7) is 16.6. The lowest BCUT2D eigenvalue weighted by Gasteiger charge is -2.41. The lowest BCUT2D eigenvalue weighted by Crippen LogP contribution is -2.56. The molecule has 0 amide bonds. The van der Waals surface area contributed by atoms with E-state index in [1.165, 1.54) is 0 Å². The van der Waals surface area contributed by atoms with Gasteiger partial charge in [0.1, 0.15) is 5.75 Å². The Morgan fingerprint density at radius 2 is 1.85 bits per heavy atom. The Hall–Kier alpha value is -1.79. The van der Waals surface area contributed by atoms with Gasteiger partial charge in [-0.2, -0.15) is 0 Å². The van der Waals surface area contributed by atoms with Gasteiger partial charge in [-0.05, 0) is 52.3 Å². The SMILES string of the molecule is CCNC(=NCc1ccc(OC(C)C)cc1)NCC(C)(C)N1CCOCC1. The molecule has 2 N–H and O–H groups in total. The van der Waals surface area contributed by atoms with Gasteiger partial charge >= 0.3 is 0 Å². The molecule has 1 aliphatic rings. The third kappa shape index (κ3) is 7.39. The molecule has 0 spiro atoms. The van der Waals surface area contributed by atoms with E-state index >= 15 is 0 Å². The molecule has 1 aliphatic heterocycles. The van der Waals surface area contributed by atoms with Crippen LogP contribution in [0.1, 0.15) is 40.2 Å². The van der Waals surface area contributed by atoms with Gasteiger partial charge in [0.05, 0.1) is 25.9 Å². The maximum Gasteiger partial charge on any atom is 0.191 e. The van der Waals surface area contributed by atoms with Crippen LogP contribution in [0.5, 0.6) is 5.75 Å². The fourth-order valence-electron chi connectivity index (χ4n) is 3.04. The van der Waals surface area contributed by atoms with Gasteiger partial charge in [0.25, 0.3) is 0 Å². The summed E-state index contributed by atoms with van der Waals surface area (Å²) in [7, 11) is 0. The van der Waals surface area contributed by atoms with E-state index in [4.69, 9.17) is 14.5 Å². The van der Waals surface area contributed by atoms with E-state index in [0.717, 1.165) is 56.7 Å². The van der Waals surface area contributed by atoms with E-state index in [-0.39, 0.29) is 11.6 Å². The van der Waals surface area contributed by atoms with Crippen LogP contribution >= 0.6 is 0 Å². The van der Waals surface area contributed by atoms with Crippen molar-refractivity contribution in [3.63, 3.8) is 0 Å². The summed E-state index contributed by atoms with van der Waals surface area (Å²) >= 11 is 0. The monoisotopic (exact) mass is 376 g/mol. The van der Waals surface area contributed by atoms with Gasteiger partial charge in [0, 0.05) is 31.7 Å². The molecule has 0 saturated carbocycles. The van der Waals surface area contributed by atoms with Crippen molar-refractivity contribution in [2.24, 2.45) is 4.99 Å². The second kappa shape index (κ2) is 10.5. The Kier molecular flexibility index (Phi) is 8.38. The van der Waals surface area contributed by atoms with Gasteiger partial charge in [-0.3, -0.25) is 4.90 Å². The zero-order valence-corrected chi connectivity index (χ0v) is 17.5. The molecule has 0 radical (unpaired) electrons. The van der Waals surface area contributed by atoms with Crippen molar-refractivity contribution >= 4 is 5.96 Å².